The molecular weight excluding hydrogens is 248 g/mol. The van der Waals surface area contributed by atoms with E-state index in [9.17, 15) is 0 Å². The van der Waals surface area contributed by atoms with Gasteiger partial charge in [0.15, 0.2) is 5.82 Å². The molecule has 0 radical (unpaired) electrons. The van der Waals surface area contributed by atoms with E-state index in [1.165, 1.54) is 5.39 Å². The van der Waals surface area contributed by atoms with Gasteiger partial charge in [0.05, 0.1) is 11.9 Å². The zero-order valence-electron chi connectivity index (χ0n) is 11.8. The van der Waals surface area contributed by atoms with Gasteiger partial charge in [-0.1, -0.05) is 31.2 Å². The first-order chi connectivity index (χ1) is 9.78. The van der Waals surface area contributed by atoms with Crippen LogP contribution < -0.4 is 5.32 Å². The molecule has 0 atom stereocenters. The zero-order valence-corrected chi connectivity index (χ0v) is 11.8. The van der Waals surface area contributed by atoms with Crippen molar-refractivity contribution in [2.24, 2.45) is 0 Å². The van der Waals surface area contributed by atoms with Crippen LogP contribution in [-0.2, 0) is 6.54 Å². The fourth-order valence-electron chi connectivity index (χ4n) is 2.28. The third-order valence-electron chi connectivity index (χ3n) is 3.26. The van der Waals surface area contributed by atoms with Crippen LogP contribution in [0.5, 0.6) is 0 Å². The van der Waals surface area contributed by atoms with E-state index in [0.29, 0.717) is 0 Å². The van der Waals surface area contributed by atoms with Gasteiger partial charge in [-0.05, 0) is 30.5 Å². The first-order valence-corrected chi connectivity index (χ1v) is 6.89. The van der Waals surface area contributed by atoms with Gasteiger partial charge in [-0.3, -0.25) is 0 Å². The Morgan fingerprint density at radius 3 is 2.85 bits per heavy atom. The summed E-state index contributed by atoms with van der Waals surface area (Å²) in [4.78, 5) is 4.76. The maximum atomic E-state index is 4.76. The molecule has 0 saturated heterocycles. The van der Waals surface area contributed by atoms with Crippen LogP contribution >= 0.6 is 0 Å². The molecule has 4 heteroatoms. The van der Waals surface area contributed by atoms with E-state index in [1.54, 1.807) is 0 Å². The van der Waals surface area contributed by atoms with Gasteiger partial charge in [-0.25, -0.2) is 9.67 Å². The molecule has 20 heavy (non-hydrogen) atoms. The fraction of sp³-hybridized carbons (Fsp3) is 0.250. The summed E-state index contributed by atoms with van der Waals surface area (Å²) in [6.45, 7) is 5.84. The Balaban J connectivity index is 2.17. The van der Waals surface area contributed by atoms with Crippen LogP contribution in [0.2, 0.25) is 0 Å². The summed E-state index contributed by atoms with van der Waals surface area (Å²) in [7, 11) is 0. The largest absolute Gasteiger partial charge is 0.311 e. The lowest BCUT2D eigenvalue weighted by atomic mass is 10.1. The van der Waals surface area contributed by atoms with Gasteiger partial charge >= 0.3 is 0 Å². The predicted octanol–water partition coefficient (Wildman–Crippen LogP) is 2.84. The topological polar surface area (TPSA) is 42.7 Å². The Kier molecular flexibility index (Phi) is 3.48. The van der Waals surface area contributed by atoms with E-state index in [0.717, 1.165) is 35.6 Å². The summed E-state index contributed by atoms with van der Waals surface area (Å²) < 4.78 is 1.85. The monoisotopic (exact) mass is 266 g/mol. The van der Waals surface area contributed by atoms with Crippen molar-refractivity contribution in [3.8, 4) is 5.82 Å². The van der Waals surface area contributed by atoms with E-state index in [-0.39, 0.29) is 0 Å². The average Bonchev–Trinajstić information content (AvgIpc) is 2.90. The second-order valence-electron chi connectivity index (χ2n) is 4.90. The number of hydrogen-bond donors (Lipinski definition) is 1. The number of fused-ring (bicyclic) bond motifs is 1. The zero-order chi connectivity index (χ0) is 13.9. The summed E-state index contributed by atoms with van der Waals surface area (Å²) >= 11 is 0. The first kappa shape index (κ1) is 12.8. The van der Waals surface area contributed by atoms with Gasteiger partial charge in [0.25, 0.3) is 0 Å². The number of rotatable bonds is 4. The fourth-order valence-corrected chi connectivity index (χ4v) is 2.28. The van der Waals surface area contributed by atoms with Crippen molar-refractivity contribution >= 4 is 10.8 Å². The second kappa shape index (κ2) is 5.43. The van der Waals surface area contributed by atoms with E-state index < -0.39 is 0 Å². The van der Waals surface area contributed by atoms with Gasteiger partial charge in [0.2, 0.25) is 0 Å². The molecule has 0 aliphatic carbocycles. The SMILES string of the molecule is CCNCc1cc2ccccc2c(-n2cc(C)cn2)n1. The lowest BCUT2D eigenvalue weighted by molar-refractivity contribution is 0.706. The highest BCUT2D eigenvalue weighted by Crippen LogP contribution is 2.21. The minimum Gasteiger partial charge on any atom is -0.311 e. The number of nitrogens with one attached hydrogen (secondary N) is 1. The molecule has 102 valence electrons. The van der Waals surface area contributed by atoms with Crippen LogP contribution in [0, 0.1) is 6.92 Å². The highest BCUT2D eigenvalue weighted by atomic mass is 15.3. The maximum absolute atomic E-state index is 4.76. The molecule has 0 unspecified atom stereocenters. The Hall–Kier alpha value is -2.20. The molecule has 2 aromatic heterocycles. The van der Waals surface area contributed by atoms with E-state index in [1.807, 2.05) is 30.1 Å². The molecule has 3 aromatic rings. The minimum absolute atomic E-state index is 0.772. The molecular formula is C16H18N4. The molecule has 0 saturated carbocycles. The third kappa shape index (κ3) is 2.42. The molecule has 0 aliphatic rings. The molecule has 0 spiro atoms. The quantitative estimate of drug-likeness (QED) is 0.789. The number of benzene rings is 1. The lowest BCUT2D eigenvalue weighted by Crippen LogP contribution is -2.14. The normalized spacial score (nSPS) is 11.1. The number of aryl methyl sites for hydroxylation is 1. The standard InChI is InChI=1S/C16H18N4/c1-3-17-10-14-8-13-6-4-5-7-15(13)16(19-14)20-11-12(2)9-18-20/h4-9,11,17H,3,10H2,1-2H3. The molecule has 1 aromatic carbocycles. The van der Waals surface area contributed by atoms with Gasteiger partial charge in [-0.15, -0.1) is 0 Å². The number of pyridine rings is 1. The molecule has 1 N–H and O–H groups in total. The molecule has 4 nitrogen and oxygen atoms in total. The average molecular weight is 266 g/mol. The summed E-state index contributed by atoms with van der Waals surface area (Å²) in [5, 5.41) is 10.0. The third-order valence-corrected chi connectivity index (χ3v) is 3.26. The second-order valence-corrected chi connectivity index (χ2v) is 4.90. The smallest absolute Gasteiger partial charge is 0.161 e. The Bertz CT molecular complexity index is 730. The van der Waals surface area contributed by atoms with Gasteiger partial charge in [0, 0.05) is 18.1 Å². The highest BCUT2D eigenvalue weighted by molar-refractivity contribution is 5.88. The Labute approximate surface area is 118 Å². The lowest BCUT2D eigenvalue weighted by Gasteiger charge is -2.09. The van der Waals surface area contributed by atoms with Gasteiger partial charge < -0.3 is 5.32 Å². The first-order valence-electron chi connectivity index (χ1n) is 6.89. The molecule has 2 heterocycles. The molecule has 0 bridgehead atoms. The molecule has 0 fully saturated rings. The Morgan fingerprint density at radius 1 is 1.25 bits per heavy atom. The number of nitrogens with zero attached hydrogens (tertiary/aromatic N) is 3. The van der Waals surface area contributed by atoms with Crippen LogP contribution in [-0.4, -0.2) is 21.3 Å². The Morgan fingerprint density at radius 2 is 2.10 bits per heavy atom. The van der Waals surface area contributed by atoms with Gasteiger partial charge in [-0.2, -0.15) is 5.10 Å². The van der Waals surface area contributed by atoms with Gasteiger partial charge in [0.1, 0.15) is 0 Å². The summed E-state index contributed by atoms with van der Waals surface area (Å²) in [6.07, 6.45) is 3.86. The van der Waals surface area contributed by atoms with Crippen LogP contribution in [0.15, 0.2) is 42.7 Å². The van der Waals surface area contributed by atoms with Crippen molar-refractivity contribution < 1.29 is 0 Å². The van der Waals surface area contributed by atoms with Crippen molar-refractivity contribution in [1.82, 2.24) is 20.1 Å². The maximum Gasteiger partial charge on any atom is 0.161 e. The molecule has 0 aliphatic heterocycles. The van der Waals surface area contributed by atoms with Crippen LogP contribution in [0.1, 0.15) is 18.2 Å². The van der Waals surface area contributed by atoms with E-state index in [4.69, 9.17) is 4.98 Å². The van der Waals surface area contributed by atoms with Crippen LogP contribution in [0.4, 0.5) is 0 Å². The van der Waals surface area contributed by atoms with E-state index >= 15 is 0 Å². The van der Waals surface area contributed by atoms with Crippen molar-refractivity contribution in [2.75, 3.05) is 6.54 Å². The summed E-state index contributed by atoms with van der Waals surface area (Å²) in [5.74, 6) is 0.893. The van der Waals surface area contributed by atoms with Crippen molar-refractivity contribution in [1.29, 1.82) is 0 Å². The minimum atomic E-state index is 0.772. The highest BCUT2D eigenvalue weighted by Gasteiger charge is 2.08. The van der Waals surface area contributed by atoms with Crippen LogP contribution in [0.25, 0.3) is 16.6 Å². The number of aromatic nitrogens is 3. The molecule has 0 amide bonds. The summed E-state index contributed by atoms with van der Waals surface area (Å²) in [5.41, 5.74) is 2.17. The van der Waals surface area contributed by atoms with Crippen LogP contribution in [0.3, 0.4) is 0 Å². The van der Waals surface area contributed by atoms with E-state index in [2.05, 4.69) is 41.6 Å². The van der Waals surface area contributed by atoms with Crippen molar-refractivity contribution in [3.63, 3.8) is 0 Å². The predicted molar refractivity (Wildman–Crippen MR) is 81.0 cm³/mol. The van der Waals surface area contributed by atoms with Crippen molar-refractivity contribution in [3.05, 3.63) is 54.0 Å². The number of hydrogen-bond acceptors (Lipinski definition) is 3. The van der Waals surface area contributed by atoms with Crippen molar-refractivity contribution in [2.45, 2.75) is 20.4 Å². The summed E-state index contributed by atoms with van der Waals surface area (Å²) in [6, 6.07) is 10.4. The molecule has 3 rings (SSSR count).